The molecule has 108 valence electrons. The van der Waals surface area contributed by atoms with Gasteiger partial charge in [0.05, 0.1) is 20.1 Å². The Morgan fingerprint density at radius 3 is 2.35 bits per heavy atom. The molecule has 1 aliphatic rings. The van der Waals surface area contributed by atoms with E-state index in [4.69, 9.17) is 14.6 Å². The number of aromatic nitrogens is 2. The number of ether oxygens (including phenoxy) is 2. The van der Waals surface area contributed by atoms with Crippen LogP contribution in [0, 0.1) is 5.92 Å². The highest BCUT2D eigenvalue weighted by Gasteiger charge is 2.34. The van der Waals surface area contributed by atoms with Crippen LogP contribution in [0.1, 0.15) is 16.8 Å². The molecule has 1 aromatic heterocycles. The summed E-state index contributed by atoms with van der Waals surface area (Å²) in [6, 6.07) is 0. The van der Waals surface area contributed by atoms with E-state index in [1.807, 2.05) is 0 Å². The maximum atomic E-state index is 12.5. The molecule has 20 heavy (non-hydrogen) atoms. The van der Waals surface area contributed by atoms with Crippen LogP contribution in [0.2, 0.25) is 0 Å². The van der Waals surface area contributed by atoms with Gasteiger partial charge in [0.25, 0.3) is 5.91 Å². The van der Waals surface area contributed by atoms with Gasteiger partial charge in [0.2, 0.25) is 11.8 Å². The van der Waals surface area contributed by atoms with Crippen molar-refractivity contribution >= 4 is 11.9 Å². The second-order valence-electron chi connectivity index (χ2n) is 4.34. The van der Waals surface area contributed by atoms with E-state index in [-0.39, 0.29) is 29.8 Å². The molecule has 8 nitrogen and oxygen atoms in total. The van der Waals surface area contributed by atoms with Gasteiger partial charge in [-0.25, -0.2) is 9.97 Å². The van der Waals surface area contributed by atoms with Crippen molar-refractivity contribution in [2.45, 2.75) is 6.42 Å². The van der Waals surface area contributed by atoms with E-state index in [0.717, 1.165) is 0 Å². The Hall–Kier alpha value is -2.38. The van der Waals surface area contributed by atoms with E-state index in [1.54, 1.807) is 0 Å². The molecule has 2 rings (SSSR count). The molecule has 0 unspecified atom stereocenters. The molecule has 1 aromatic rings. The van der Waals surface area contributed by atoms with Gasteiger partial charge in [-0.15, -0.1) is 0 Å². The lowest BCUT2D eigenvalue weighted by Gasteiger charge is -2.18. The average molecular weight is 281 g/mol. The Balaban J connectivity index is 2.28. The fourth-order valence-electron chi connectivity index (χ4n) is 2.15. The lowest BCUT2D eigenvalue weighted by Crippen LogP contribution is -2.31. The number of hydrogen-bond acceptors (Lipinski definition) is 6. The first-order valence-electron chi connectivity index (χ1n) is 6.03. The first-order valence-corrected chi connectivity index (χ1v) is 6.03. The van der Waals surface area contributed by atoms with E-state index in [1.165, 1.54) is 25.4 Å². The van der Waals surface area contributed by atoms with Crippen LogP contribution in [0.15, 0.2) is 6.33 Å². The molecular weight excluding hydrogens is 266 g/mol. The number of rotatable bonds is 4. The summed E-state index contributed by atoms with van der Waals surface area (Å²) in [7, 11) is 2.78. The lowest BCUT2D eigenvalue weighted by atomic mass is 10.1. The summed E-state index contributed by atoms with van der Waals surface area (Å²) >= 11 is 0. The van der Waals surface area contributed by atoms with E-state index in [2.05, 4.69) is 9.97 Å². The van der Waals surface area contributed by atoms with Gasteiger partial charge in [-0.05, 0) is 6.42 Å². The fourth-order valence-corrected chi connectivity index (χ4v) is 2.15. The SMILES string of the molecule is COc1ncnc(OC)c1C(=O)N1CC[C@@H](C(=O)O)C1. The Bertz CT molecular complexity index is 512. The van der Waals surface area contributed by atoms with Gasteiger partial charge < -0.3 is 19.5 Å². The molecule has 0 spiro atoms. The highest BCUT2D eigenvalue weighted by atomic mass is 16.5. The Morgan fingerprint density at radius 1 is 1.30 bits per heavy atom. The summed E-state index contributed by atoms with van der Waals surface area (Å²) < 4.78 is 10.1. The van der Waals surface area contributed by atoms with E-state index in [0.29, 0.717) is 13.0 Å². The van der Waals surface area contributed by atoms with Crippen LogP contribution in [0.4, 0.5) is 0 Å². The minimum atomic E-state index is -0.899. The Morgan fingerprint density at radius 2 is 1.90 bits per heavy atom. The summed E-state index contributed by atoms with van der Waals surface area (Å²) in [4.78, 5) is 32.6. The summed E-state index contributed by atoms with van der Waals surface area (Å²) in [5.74, 6) is -1.60. The number of aliphatic carboxylic acids is 1. The molecular formula is C12H15N3O5. The quantitative estimate of drug-likeness (QED) is 0.831. The molecule has 0 aliphatic carbocycles. The smallest absolute Gasteiger partial charge is 0.308 e. The van der Waals surface area contributed by atoms with E-state index < -0.39 is 11.9 Å². The molecule has 0 bridgehead atoms. The van der Waals surface area contributed by atoms with Crippen molar-refractivity contribution in [3.8, 4) is 11.8 Å². The third-order valence-electron chi connectivity index (χ3n) is 3.20. The summed E-state index contributed by atoms with van der Waals surface area (Å²) in [6.07, 6.45) is 1.66. The summed E-state index contributed by atoms with van der Waals surface area (Å²) in [6.45, 7) is 0.534. The number of methoxy groups -OCH3 is 2. The normalized spacial score (nSPS) is 17.9. The van der Waals surface area contributed by atoms with Crippen LogP contribution in [-0.4, -0.2) is 59.2 Å². The van der Waals surface area contributed by atoms with Crippen molar-refractivity contribution in [3.05, 3.63) is 11.9 Å². The minimum absolute atomic E-state index is 0.112. The molecule has 1 saturated heterocycles. The molecule has 1 fully saturated rings. The topological polar surface area (TPSA) is 102 Å². The number of carboxylic acids is 1. The predicted molar refractivity (Wildman–Crippen MR) is 66.8 cm³/mol. The maximum Gasteiger partial charge on any atom is 0.308 e. The minimum Gasteiger partial charge on any atom is -0.481 e. The van der Waals surface area contributed by atoms with Crippen molar-refractivity contribution in [3.63, 3.8) is 0 Å². The highest BCUT2D eigenvalue weighted by Crippen LogP contribution is 2.27. The van der Waals surface area contributed by atoms with Crippen molar-refractivity contribution in [2.75, 3.05) is 27.3 Å². The van der Waals surface area contributed by atoms with Gasteiger partial charge in [0.1, 0.15) is 6.33 Å². The zero-order chi connectivity index (χ0) is 14.7. The largest absolute Gasteiger partial charge is 0.481 e. The van der Waals surface area contributed by atoms with Gasteiger partial charge in [0.15, 0.2) is 5.56 Å². The average Bonchev–Trinajstić information content (AvgIpc) is 2.95. The van der Waals surface area contributed by atoms with Crippen molar-refractivity contribution in [2.24, 2.45) is 5.92 Å². The molecule has 0 saturated carbocycles. The van der Waals surface area contributed by atoms with E-state index >= 15 is 0 Å². The van der Waals surface area contributed by atoms with Gasteiger partial charge in [-0.1, -0.05) is 0 Å². The van der Waals surface area contributed by atoms with Crippen LogP contribution in [0.25, 0.3) is 0 Å². The second kappa shape index (κ2) is 5.72. The number of carbonyl (C=O) groups excluding carboxylic acids is 1. The van der Waals surface area contributed by atoms with Crippen LogP contribution in [-0.2, 0) is 4.79 Å². The van der Waals surface area contributed by atoms with Crippen LogP contribution >= 0.6 is 0 Å². The van der Waals surface area contributed by atoms with E-state index in [9.17, 15) is 9.59 Å². The molecule has 0 radical (unpaired) electrons. The number of hydrogen-bond donors (Lipinski definition) is 1. The van der Waals surface area contributed by atoms with Gasteiger partial charge >= 0.3 is 5.97 Å². The molecule has 1 N–H and O–H groups in total. The standard InChI is InChI=1S/C12H15N3O5/c1-19-9-8(10(20-2)14-6-13-9)11(16)15-4-3-7(5-15)12(17)18/h6-7H,3-5H2,1-2H3,(H,17,18)/t7-/m1/s1. The van der Waals surface area contributed by atoms with Gasteiger partial charge in [-0.3, -0.25) is 9.59 Å². The third-order valence-corrected chi connectivity index (χ3v) is 3.20. The van der Waals surface area contributed by atoms with Gasteiger partial charge in [0, 0.05) is 13.1 Å². The third kappa shape index (κ3) is 2.49. The van der Waals surface area contributed by atoms with Crippen LogP contribution in [0.3, 0.4) is 0 Å². The number of carboxylic acid groups (broad SMARTS) is 1. The molecule has 8 heteroatoms. The molecule has 2 heterocycles. The Labute approximate surface area is 115 Å². The summed E-state index contributed by atoms with van der Waals surface area (Å²) in [5, 5.41) is 8.97. The zero-order valence-corrected chi connectivity index (χ0v) is 11.2. The number of nitrogens with zero attached hydrogens (tertiary/aromatic N) is 3. The molecule has 1 aliphatic heterocycles. The van der Waals surface area contributed by atoms with Crippen molar-refractivity contribution in [1.82, 2.24) is 14.9 Å². The molecule has 1 atom stereocenters. The number of likely N-dealkylation sites (tertiary alicyclic amines) is 1. The predicted octanol–water partition coefficient (Wildman–Crippen LogP) is 0.0405. The highest BCUT2D eigenvalue weighted by molar-refractivity contribution is 5.99. The Kier molecular flexibility index (Phi) is 4.02. The van der Waals surface area contributed by atoms with Gasteiger partial charge in [-0.2, -0.15) is 0 Å². The lowest BCUT2D eigenvalue weighted by molar-refractivity contribution is -0.141. The van der Waals surface area contributed by atoms with Crippen molar-refractivity contribution in [1.29, 1.82) is 0 Å². The first kappa shape index (κ1) is 14.0. The van der Waals surface area contributed by atoms with Crippen LogP contribution in [0.5, 0.6) is 11.8 Å². The number of carbonyl (C=O) groups is 2. The fraction of sp³-hybridized carbons (Fsp3) is 0.500. The van der Waals surface area contributed by atoms with Crippen LogP contribution < -0.4 is 9.47 Å². The molecule has 1 amide bonds. The first-order chi connectivity index (χ1) is 9.58. The second-order valence-corrected chi connectivity index (χ2v) is 4.34. The monoisotopic (exact) mass is 281 g/mol. The molecule has 0 aromatic carbocycles. The van der Waals surface area contributed by atoms with Crippen molar-refractivity contribution < 1.29 is 24.2 Å². The maximum absolute atomic E-state index is 12.5. The number of amides is 1. The summed E-state index contributed by atoms with van der Waals surface area (Å²) in [5.41, 5.74) is 0.114. The zero-order valence-electron chi connectivity index (χ0n) is 11.2.